The maximum Gasteiger partial charge on any atom is 0.162 e. The Hall–Kier alpha value is -3.74. The van der Waals surface area contributed by atoms with Crippen LogP contribution in [0.25, 0.3) is 22.3 Å². The second kappa shape index (κ2) is 7.35. The smallest absolute Gasteiger partial charge is 0.162 e. The minimum Gasteiger partial charge on any atom is -0.384 e. The van der Waals surface area contributed by atoms with Gasteiger partial charge in [-0.2, -0.15) is 0 Å². The van der Waals surface area contributed by atoms with Crippen LogP contribution in [0.1, 0.15) is 0 Å². The molecule has 0 spiro atoms. The molecule has 144 valence electrons. The van der Waals surface area contributed by atoms with Crippen molar-refractivity contribution in [3.63, 3.8) is 0 Å². The standard InChI is InChI=1S/C22H21N7/c23-20-6-5-17(15-25-20)28-11-13-29(14-12-28)22-18-3-1-2-4-19(18)26-21(27-22)16-7-9-24-10-8-16/h1-10,15H,11-14H2,(H2,23,25). The molecular weight excluding hydrogens is 362 g/mol. The van der Waals surface area contributed by atoms with Gasteiger partial charge < -0.3 is 15.5 Å². The number of benzene rings is 1. The van der Waals surface area contributed by atoms with Crippen molar-refractivity contribution in [2.45, 2.75) is 0 Å². The van der Waals surface area contributed by atoms with Crippen LogP contribution in [0.15, 0.2) is 67.1 Å². The van der Waals surface area contributed by atoms with E-state index < -0.39 is 0 Å². The van der Waals surface area contributed by atoms with Crippen LogP contribution in [-0.2, 0) is 0 Å². The third-order valence-electron chi connectivity index (χ3n) is 5.24. The van der Waals surface area contributed by atoms with E-state index in [2.05, 4.69) is 25.8 Å². The highest BCUT2D eigenvalue weighted by atomic mass is 15.3. The fourth-order valence-electron chi connectivity index (χ4n) is 3.69. The molecule has 0 amide bonds. The van der Waals surface area contributed by atoms with Crippen LogP contribution >= 0.6 is 0 Å². The molecule has 0 unspecified atom stereocenters. The average molecular weight is 383 g/mol. The number of hydrogen-bond donors (Lipinski definition) is 1. The highest BCUT2D eigenvalue weighted by Gasteiger charge is 2.21. The van der Waals surface area contributed by atoms with Gasteiger partial charge in [-0.1, -0.05) is 12.1 Å². The Morgan fingerprint density at radius 1 is 0.793 bits per heavy atom. The molecule has 3 aromatic heterocycles. The molecule has 1 aliphatic rings. The number of nitrogen functional groups attached to an aromatic ring is 1. The normalized spacial score (nSPS) is 14.3. The van der Waals surface area contributed by atoms with Crippen LogP contribution in [0.2, 0.25) is 0 Å². The molecule has 7 heteroatoms. The van der Waals surface area contributed by atoms with Crippen molar-refractivity contribution in [2.24, 2.45) is 0 Å². The van der Waals surface area contributed by atoms with Crippen molar-refractivity contribution in [1.82, 2.24) is 19.9 Å². The summed E-state index contributed by atoms with van der Waals surface area (Å²) in [5, 5.41) is 1.08. The largest absolute Gasteiger partial charge is 0.384 e. The molecule has 7 nitrogen and oxygen atoms in total. The summed E-state index contributed by atoms with van der Waals surface area (Å²) in [4.78, 5) is 22.7. The quantitative estimate of drug-likeness (QED) is 0.582. The number of pyridine rings is 2. The Balaban J connectivity index is 1.46. The molecule has 29 heavy (non-hydrogen) atoms. The zero-order valence-corrected chi connectivity index (χ0v) is 15.9. The summed E-state index contributed by atoms with van der Waals surface area (Å²) in [6, 6.07) is 16.0. The minimum atomic E-state index is 0.545. The summed E-state index contributed by atoms with van der Waals surface area (Å²) in [5.41, 5.74) is 8.74. The Labute approximate surface area is 168 Å². The molecule has 4 heterocycles. The topological polar surface area (TPSA) is 84.1 Å². The van der Waals surface area contributed by atoms with E-state index in [-0.39, 0.29) is 0 Å². The van der Waals surface area contributed by atoms with E-state index in [1.54, 1.807) is 12.4 Å². The van der Waals surface area contributed by atoms with E-state index >= 15 is 0 Å². The highest BCUT2D eigenvalue weighted by molar-refractivity contribution is 5.91. The lowest BCUT2D eigenvalue weighted by Gasteiger charge is -2.37. The van der Waals surface area contributed by atoms with Crippen molar-refractivity contribution in [1.29, 1.82) is 0 Å². The van der Waals surface area contributed by atoms with E-state index in [9.17, 15) is 0 Å². The second-order valence-corrected chi connectivity index (χ2v) is 7.04. The van der Waals surface area contributed by atoms with Crippen molar-refractivity contribution in [3.05, 3.63) is 67.1 Å². The Morgan fingerprint density at radius 3 is 2.31 bits per heavy atom. The van der Waals surface area contributed by atoms with Gasteiger partial charge in [0.05, 0.1) is 17.4 Å². The number of para-hydroxylation sites is 1. The van der Waals surface area contributed by atoms with Gasteiger partial charge in [0.25, 0.3) is 0 Å². The molecule has 0 atom stereocenters. The van der Waals surface area contributed by atoms with Gasteiger partial charge in [-0.25, -0.2) is 15.0 Å². The third-order valence-corrected chi connectivity index (χ3v) is 5.24. The monoisotopic (exact) mass is 383 g/mol. The molecule has 1 aromatic carbocycles. The molecule has 1 saturated heterocycles. The molecule has 1 aliphatic heterocycles. The van der Waals surface area contributed by atoms with Crippen molar-refractivity contribution in [2.75, 3.05) is 41.7 Å². The maximum atomic E-state index is 5.71. The van der Waals surface area contributed by atoms with Crippen LogP contribution in [0.4, 0.5) is 17.3 Å². The van der Waals surface area contributed by atoms with Gasteiger partial charge in [-0.15, -0.1) is 0 Å². The molecular formula is C22H21N7. The predicted octanol–water partition coefficient (Wildman–Crippen LogP) is 3.00. The molecule has 0 radical (unpaired) electrons. The summed E-state index contributed by atoms with van der Waals surface area (Å²) in [6.07, 6.45) is 5.38. The van der Waals surface area contributed by atoms with Gasteiger partial charge in [-0.05, 0) is 36.4 Å². The summed E-state index contributed by atoms with van der Waals surface area (Å²) in [6.45, 7) is 3.55. The van der Waals surface area contributed by atoms with Gasteiger partial charge in [0.2, 0.25) is 0 Å². The van der Waals surface area contributed by atoms with Gasteiger partial charge in [0.1, 0.15) is 11.6 Å². The second-order valence-electron chi connectivity index (χ2n) is 7.04. The Kier molecular flexibility index (Phi) is 4.40. The number of piperazine rings is 1. The van der Waals surface area contributed by atoms with E-state index in [1.165, 1.54) is 0 Å². The Bertz CT molecular complexity index is 1120. The van der Waals surface area contributed by atoms with Gasteiger partial charge in [-0.3, -0.25) is 4.98 Å². The minimum absolute atomic E-state index is 0.545. The number of nitrogens with zero attached hydrogens (tertiary/aromatic N) is 6. The highest BCUT2D eigenvalue weighted by Crippen LogP contribution is 2.28. The fraction of sp³-hybridized carbons (Fsp3) is 0.182. The number of nitrogens with two attached hydrogens (primary N) is 1. The first-order valence-corrected chi connectivity index (χ1v) is 9.66. The van der Waals surface area contributed by atoms with E-state index in [0.717, 1.165) is 60.0 Å². The molecule has 0 bridgehead atoms. The van der Waals surface area contributed by atoms with Crippen LogP contribution in [0.3, 0.4) is 0 Å². The van der Waals surface area contributed by atoms with E-state index in [0.29, 0.717) is 5.82 Å². The lowest BCUT2D eigenvalue weighted by atomic mass is 10.1. The lowest BCUT2D eigenvalue weighted by molar-refractivity contribution is 0.648. The molecule has 5 rings (SSSR count). The van der Waals surface area contributed by atoms with Gasteiger partial charge >= 0.3 is 0 Å². The first-order valence-electron chi connectivity index (χ1n) is 9.66. The predicted molar refractivity (Wildman–Crippen MR) is 116 cm³/mol. The summed E-state index contributed by atoms with van der Waals surface area (Å²) in [5.74, 6) is 2.26. The molecule has 0 saturated carbocycles. The molecule has 1 fully saturated rings. The number of fused-ring (bicyclic) bond motifs is 1. The zero-order chi connectivity index (χ0) is 19.6. The Morgan fingerprint density at radius 2 is 1.55 bits per heavy atom. The molecule has 0 aliphatic carbocycles. The SMILES string of the molecule is Nc1ccc(N2CCN(c3nc(-c4ccncc4)nc4ccccc34)CC2)cn1. The van der Waals surface area contributed by atoms with Crippen LogP contribution in [0, 0.1) is 0 Å². The first-order chi connectivity index (χ1) is 14.3. The summed E-state index contributed by atoms with van der Waals surface area (Å²) >= 11 is 0. The van der Waals surface area contributed by atoms with E-state index in [4.69, 9.17) is 15.7 Å². The van der Waals surface area contributed by atoms with Crippen LogP contribution < -0.4 is 15.5 Å². The zero-order valence-electron chi connectivity index (χ0n) is 15.9. The van der Waals surface area contributed by atoms with Gasteiger partial charge in [0, 0.05) is 49.5 Å². The van der Waals surface area contributed by atoms with Gasteiger partial charge in [0.15, 0.2) is 5.82 Å². The number of rotatable bonds is 3. The third kappa shape index (κ3) is 3.42. The number of aromatic nitrogens is 4. The summed E-state index contributed by atoms with van der Waals surface area (Å²) in [7, 11) is 0. The van der Waals surface area contributed by atoms with Crippen molar-refractivity contribution in [3.8, 4) is 11.4 Å². The molecule has 4 aromatic rings. The first kappa shape index (κ1) is 17.4. The van der Waals surface area contributed by atoms with Crippen LogP contribution in [-0.4, -0.2) is 46.1 Å². The average Bonchev–Trinajstić information content (AvgIpc) is 2.80. The number of hydrogen-bond acceptors (Lipinski definition) is 7. The van der Waals surface area contributed by atoms with Crippen molar-refractivity contribution >= 4 is 28.2 Å². The summed E-state index contributed by atoms with van der Waals surface area (Å²) < 4.78 is 0. The maximum absolute atomic E-state index is 5.71. The van der Waals surface area contributed by atoms with Crippen LogP contribution in [0.5, 0.6) is 0 Å². The molecule has 2 N–H and O–H groups in total. The fourth-order valence-corrected chi connectivity index (χ4v) is 3.69. The van der Waals surface area contributed by atoms with E-state index in [1.807, 2.05) is 48.7 Å². The number of anilines is 3. The van der Waals surface area contributed by atoms with Crippen molar-refractivity contribution < 1.29 is 0 Å². The lowest BCUT2D eigenvalue weighted by Crippen LogP contribution is -2.47.